The third-order valence-corrected chi connectivity index (χ3v) is 7.79. The van der Waals surface area contributed by atoms with E-state index >= 15 is 4.39 Å². The van der Waals surface area contributed by atoms with Crippen molar-refractivity contribution in [2.75, 3.05) is 12.8 Å². The van der Waals surface area contributed by atoms with E-state index in [-0.39, 0.29) is 29.0 Å². The lowest BCUT2D eigenvalue weighted by Crippen LogP contribution is -2.62. The Bertz CT molecular complexity index is 1070. The molecule has 2 aromatic rings. The molecule has 2 aromatic carbocycles. The third kappa shape index (κ3) is 3.73. The lowest BCUT2D eigenvalue weighted by molar-refractivity contribution is -0.178. The summed E-state index contributed by atoms with van der Waals surface area (Å²) in [6.07, 6.45) is 3.68. The van der Waals surface area contributed by atoms with Crippen molar-refractivity contribution in [1.29, 1.82) is 0 Å². The summed E-state index contributed by atoms with van der Waals surface area (Å²) in [6, 6.07) is 4.80. The number of halogens is 5. The SMILES string of the molecule is CSN[C@@H]1[C@H](Cc2cccc(-c3cc(F)cc(F)c3)c2F)N(C(=O)C23CC(C2)C3)CC1(F)F. The molecule has 4 fully saturated rings. The predicted octanol–water partition coefficient (Wildman–Crippen LogP) is 5.20. The molecule has 1 saturated heterocycles. The number of likely N-dealkylation sites (tertiary alicyclic amines) is 1. The van der Waals surface area contributed by atoms with Gasteiger partial charge in [0.05, 0.1) is 18.0 Å². The molecule has 0 spiro atoms. The number of amides is 1. The van der Waals surface area contributed by atoms with Crippen molar-refractivity contribution in [2.24, 2.45) is 11.3 Å². The van der Waals surface area contributed by atoms with Crippen LogP contribution in [0.3, 0.4) is 0 Å². The number of nitrogens with zero attached hydrogens (tertiary/aromatic N) is 1. The summed E-state index contributed by atoms with van der Waals surface area (Å²) in [5.74, 6) is -5.36. The highest BCUT2D eigenvalue weighted by Gasteiger charge is 2.66. The first-order chi connectivity index (χ1) is 15.6. The molecular formula is C24H23F5N2OS. The van der Waals surface area contributed by atoms with Crippen LogP contribution in [0.15, 0.2) is 36.4 Å². The number of carbonyl (C=O) groups is 1. The maximum atomic E-state index is 15.5. The Hall–Kier alpha value is -2.13. The summed E-state index contributed by atoms with van der Waals surface area (Å²) < 4.78 is 75.5. The van der Waals surface area contributed by atoms with E-state index in [9.17, 15) is 22.4 Å². The standard InChI is InChI=1S/C24H23F5N2OS/c1-33-30-21-19(31(12-24(21,28)29)22(32)23-9-13(10-23)11-23)7-14-3-2-4-18(20(14)27)15-5-16(25)8-17(26)6-15/h2-6,8,13,19,21,30H,7,9-12H2,1H3/t13?,19-,21+,23?/m0/s1. The van der Waals surface area contributed by atoms with Crippen LogP contribution in [0.2, 0.25) is 0 Å². The number of benzene rings is 2. The number of alkyl halides is 2. The predicted molar refractivity (Wildman–Crippen MR) is 116 cm³/mol. The normalized spacial score (nSPS) is 29.5. The Balaban J connectivity index is 1.49. The minimum absolute atomic E-state index is 0.0178. The lowest BCUT2D eigenvalue weighted by atomic mass is 9.44. The molecule has 1 amide bonds. The molecule has 3 aliphatic carbocycles. The van der Waals surface area contributed by atoms with Crippen LogP contribution >= 0.6 is 11.9 Å². The van der Waals surface area contributed by atoms with E-state index in [4.69, 9.17) is 0 Å². The average molecular weight is 483 g/mol. The summed E-state index contributed by atoms with van der Waals surface area (Å²) in [7, 11) is 0. The van der Waals surface area contributed by atoms with Crippen molar-refractivity contribution in [3.8, 4) is 11.1 Å². The van der Waals surface area contributed by atoms with Crippen LogP contribution in [0, 0.1) is 28.8 Å². The van der Waals surface area contributed by atoms with Gasteiger partial charge in [0.1, 0.15) is 23.5 Å². The molecule has 2 atom stereocenters. The van der Waals surface area contributed by atoms with Crippen LogP contribution in [0.25, 0.3) is 11.1 Å². The summed E-state index contributed by atoms with van der Waals surface area (Å²) >= 11 is 1.03. The average Bonchev–Trinajstić information content (AvgIpc) is 2.91. The largest absolute Gasteiger partial charge is 0.331 e. The highest BCUT2D eigenvalue weighted by atomic mass is 32.2. The topological polar surface area (TPSA) is 32.3 Å². The highest BCUT2D eigenvalue weighted by molar-refractivity contribution is 7.96. The first-order valence-corrected chi connectivity index (χ1v) is 12.1. The van der Waals surface area contributed by atoms with Gasteiger partial charge in [0.25, 0.3) is 5.92 Å². The lowest BCUT2D eigenvalue weighted by Gasteiger charge is -2.61. The number of hydrogen-bond donors (Lipinski definition) is 1. The minimum Gasteiger partial charge on any atom is -0.331 e. The van der Waals surface area contributed by atoms with Gasteiger partial charge < -0.3 is 4.90 Å². The minimum atomic E-state index is -3.17. The van der Waals surface area contributed by atoms with E-state index in [0.717, 1.165) is 43.3 Å². The zero-order chi connectivity index (χ0) is 23.5. The fourth-order valence-electron chi connectivity index (χ4n) is 5.59. The third-order valence-electron chi connectivity index (χ3n) is 7.30. The molecule has 2 bridgehead atoms. The molecule has 0 radical (unpaired) electrons. The van der Waals surface area contributed by atoms with Gasteiger partial charge in [-0.3, -0.25) is 9.52 Å². The Morgan fingerprint density at radius 3 is 2.36 bits per heavy atom. The van der Waals surface area contributed by atoms with E-state index in [1.807, 2.05) is 0 Å². The summed E-state index contributed by atoms with van der Waals surface area (Å²) in [5.41, 5.74) is -0.429. The molecule has 4 aliphatic rings. The van der Waals surface area contributed by atoms with Crippen LogP contribution in [0.5, 0.6) is 0 Å². The van der Waals surface area contributed by atoms with Gasteiger partial charge in [-0.1, -0.05) is 30.1 Å². The number of carbonyl (C=O) groups excluding carboxylic acids is 1. The van der Waals surface area contributed by atoms with Crippen molar-refractivity contribution < 1.29 is 26.7 Å². The monoisotopic (exact) mass is 482 g/mol. The molecule has 0 aromatic heterocycles. The van der Waals surface area contributed by atoms with E-state index in [1.165, 1.54) is 23.1 Å². The number of rotatable bonds is 6. The summed E-state index contributed by atoms with van der Waals surface area (Å²) in [6.45, 7) is -0.711. The fourth-order valence-corrected chi connectivity index (χ4v) is 6.17. The van der Waals surface area contributed by atoms with Crippen LogP contribution < -0.4 is 4.72 Å². The Labute approximate surface area is 192 Å². The van der Waals surface area contributed by atoms with Crippen LogP contribution in [0.1, 0.15) is 24.8 Å². The molecule has 1 aliphatic heterocycles. The molecule has 3 nitrogen and oxygen atoms in total. The molecule has 1 N–H and O–H groups in total. The molecule has 176 valence electrons. The first-order valence-electron chi connectivity index (χ1n) is 10.8. The van der Waals surface area contributed by atoms with Gasteiger partial charge in [-0.25, -0.2) is 22.0 Å². The molecule has 33 heavy (non-hydrogen) atoms. The van der Waals surface area contributed by atoms with Crippen molar-refractivity contribution in [3.05, 3.63) is 59.4 Å². The summed E-state index contributed by atoms with van der Waals surface area (Å²) in [5, 5.41) is 0. The molecule has 1 heterocycles. The van der Waals surface area contributed by atoms with Crippen LogP contribution in [-0.2, 0) is 11.2 Å². The van der Waals surface area contributed by atoms with Crippen molar-refractivity contribution in [3.63, 3.8) is 0 Å². The molecule has 3 saturated carbocycles. The zero-order valence-corrected chi connectivity index (χ0v) is 18.7. The van der Waals surface area contributed by atoms with E-state index in [0.29, 0.717) is 12.0 Å². The Morgan fingerprint density at radius 1 is 1.12 bits per heavy atom. The zero-order valence-electron chi connectivity index (χ0n) is 17.9. The van der Waals surface area contributed by atoms with E-state index < -0.39 is 47.4 Å². The maximum absolute atomic E-state index is 15.5. The number of nitrogens with one attached hydrogen (secondary N) is 1. The number of hydrogen-bond acceptors (Lipinski definition) is 3. The van der Waals surface area contributed by atoms with E-state index in [1.54, 1.807) is 6.26 Å². The fraction of sp³-hybridized carbons (Fsp3) is 0.458. The smallest absolute Gasteiger partial charge is 0.283 e. The quantitative estimate of drug-likeness (QED) is 0.454. The Morgan fingerprint density at radius 2 is 1.79 bits per heavy atom. The van der Waals surface area contributed by atoms with Gasteiger partial charge in [0.15, 0.2) is 0 Å². The van der Waals surface area contributed by atoms with E-state index in [2.05, 4.69) is 4.72 Å². The van der Waals surface area contributed by atoms with Crippen molar-refractivity contribution in [2.45, 2.75) is 43.7 Å². The van der Waals surface area contributed by atoms with Crippen molar-refractivity contribution in [1.82, 2.24) is 9.62 Å². The second kappa shape index (κ2) is 7.98. The van der Waals surface area contributed by atoms with Gasteiger partial charge in [0.2, 0.25) is 5.91 Å². The maximum Gasteiger partial charge on any atom is 0.283 e. The van der Waals surface area contributed by atoms with Gasteiger partial charge in [-0.05, 0) is 61.1 Å². The van der Waals surface area contributed by atoms with Gasteiger partial charge in [-0.15, -0.1) is 0 Å². The second-order valence-electron chi connectivity index (χ2n) is 9.46. The molecule has 0 unspecified atom stereocenters. The summed E-state index contributed by atoms with van der Waals surface area (Å²) in [4.78, 5) is 14.5. The Kier molecular flexibility index (Phi) is 5.47. The van der Waals surface area contributed by atoms with Gasteiger partial charge in [-0.2, -0.15) is 0 Å². The first kappa shape index (κ1) is 22.7. The molecule has 9 heteroatoms. The second-order valence-corrected chi connectivity index (χ2v) is 10.1. The van der Waals surface area contributed by atoms with Gasteiger partial charge >= 0.3 is 0 Å². The highest BCUT2D eigenvalue weighted by Crippen LogP contribution is 2.65. The van der Waals surface area contributed by atoms with Gasteiger partial charge in [0, 0.05) is 11.6 Å². The van der Waals surface area contributed by atoms with Crippen LogP contribution in [-0.4, -0.2) is 41.6 Å². The molecule has 6 rings (SSSR count). The van der Waals surface area contributed by atoms with Crippen molar-refractivity contribution >= 4 is 17.9 Å². The van der Waals surface area contributed by atoms with Crippen LogP contribution in [0.4, 0.5) is 22.0 Å². The molecular weight excluding hydrogens is 459 g/mol.